The van der Waals surface area contributed by atoms with Gasteiger partial charge in [0.2, 0.25) is 29.5 Å². The zero-order valence-electron chi connectivity index (χ0n) is 44.0. The van der Waals surface area contributed by atoms with Crippen LogP contribution in [0.1, 0.15) is 126 Å². The van der Waals surface area contributed by atoms with Gasteiger partial charge in [-0.15, -0.1) is 13.2 Å². The number of carbonyl (C=O) groups excluding carboxylic acids is 6. The molecule has 70 heavy (non-hydrogen) atoms. The third-order valence-electron chi connectivity index (χ3n) is 13.1. The maximum absolute atomic E-state index is 14.4. The number of carbonyl (C=O) groups is 7. The Morgan fingerprint density at radius 1 is 0.471 bits per heavy atom. The molecule has 15 nitrogen and oxygen atoms in total. The molecule has 0 aliphatic heterocycles. The summed E-state index contributed by atoms with van der Waals surface area (Å²) in [5, 5.41) is 27.5. The minimum absolute atomic E-state index is 0.0426. The number of hydrogen-bond acceptors (Lipinski definition) is 8. The number of aliphatic carboxylic acids is 1. The van der Waals surface area contributed by atoms with Gasteiger partial charge >= 0.3 is 12.1 Å². The minimum atomic E-state index is -1.20. The molecule has 0 radical (unpaired) electrons. The van der Waals surface area contributed by atoms with Gasteiger partial charge in [-0.2, -0.15) is 0 Å². The second kappa shape index (κ2) is 26.3. The number of nitrogens with one attached hydrogen (secondary N) is 6. The topological polar surface area (TPSA) is 221 Å². The van der Waals surface area contributed by atoms with E-state index in [9.17, 15) is 38.7 Å². The van der Waals surface area contributed by atoms with Crippen molar-refractivity contribution < 1.29 is 43.4 Å². The van der Waals surface area contributed by atoms with Crippen LogP contribution >= 0.6 is 0 Å². The Morgan fingerprint density at radius 2 is 0.771 bits per heavy atom. The Hall–Kier alpha value is -5.99. The van der Waals surface area contributed by atoms with E-state index in [-0.39, 0.29) is 76.8 Å². The molecule has 2 aromatic carbocycles. The van der Waals surface area contributed by atoms with E-state index in [1.807, 2.05) is 74.5 Å². The normalized spacial score (nSPS) is 16.6. The van der Waals surface area contributed by atoms with Gasteiger partial charge in [-0.25, -0.2) is 4.79 Å². The highest BCUT2D eigenvalue weighted by Crippen LogP contribution is 2.31. The van der Waals surface area contributed by atoms with Crippen LogP contribution in [0.4, 0.5) is 4.79 Å². The fourth-order valence-corrected chi connectivity index (χ4v) is 8.35. The molecule has 0 aromatic heterocycles. The van der Waals surface area contributed by atoms with Gasteiger partial charge in [0, 0.05) is 39.3 Å². The lowest BCUT2D eigenvalue weighted by atomic mass is 9.79. The quantitative estimate of drug-likeness (QED) is 0.0386. The predicted molar refractivity (Wildman–Crippen MR) is 275 cm³/mol. The van der Waals surface area contributed by atoms with Gasteiger partial charge in [0.25, 0.3) is 0 Å². The Labute approximate surface area is 417 Å². The molecule has 0 unspecified atom stereocenters. The van der Waals surface area contributed by atoms with Crippen molar-refractivity contribution in [2.45, 2.75) is 133 Å². The average Bonchev–Trinajstić information content (AvgIpc) is 3.29. The number of benzene rings is 2. The van der Waals surface area contributed by atoms with E-state index in [0.717, 1.165) is 11.1 Å². The van der Waals surface area contributed by atoms with Gasteiger partial charge in [0.05, 0.1) is 32.5 Å². The number of ether oxygens (including phenoxy) is 1. The number of carboxylic acids is 1. The molecule has 0 heterocycles. The van der Waals surface area contributed by atoms with E-state index in [1.54, 1.807) is 74.5 Å². The van der Waals surface area contributed by atoms with Crippen molar-refractivity contribution in [2.75, 3.05) is 39.3 Å². The average molecular weight is 973 g/mol. The number of carboxylic acid groups (broad SMARTS) is 1. The summed E-state index contributed by atoms with van der Waals surface area (Å²) in [5.41, 5.74) is -5.99. The van der Waals surface area contributed by atoms with Crippen molar-refractivity contribution >= 4 is 41.6 Å². The standard InChI is InChI=1S/C55H84N6O9/c1-14-28-50(8,43(63)59-39-55(13,33-41-26-22-19-23-27-41)46(66)58-37-53(11,31-17-4)47(67)68)34-56-42(62)51(9,29-15-2)35-57-45(65)54(12,32-40-24-20-18-21-25-40)38-60-44(64)52(10,30-16-3)36-61-48(69)70-49(5,6)7/h14,16,18-27H,1,3,15,17,28-39H2,2,4-13H3,(H,56,62)(H,57,65)(H,58,66)(H,59,63)(H,60,64)(H,61,69)(H,67,68)/t50-,51-,52-,53-,54-,55-/m1/s1. The Balaban J connectivity index is 2.31. The summed E-state index contributed by atoms with van der Waals surface area (Å²) in [6, 6.07) is 18.8. The first-order chi connectivity index (χ1) is 32.6. The zero-order valence-corrected chi connectivity index (χ0v) is 44.0. The maximum atomic E-state index is 14.4. The van der Waals surface area contributed by atoms with Crippen LogP contribution < -0.4 is 31.9 Å². The van der Waals surface area contributed by atoms with Crippen molar-refractivity contribution in [3.05, 3.63) is 97.1 Å². The highest BCUT2D eigenvalue weighted by atomic mass is 16.6. The first-order valence-electron chi connectivity index (χ1n) is 24.5. The summed E-state index contributed by atoms with van der Waals surface area (Å²) in [4.78, 5) is 95.5. The molecule has 15 heteroatoms. The van der Waals surface area contributed by atoms with Gasteiger partial charge < -0.3 is 41.7 Å². The second-order valence-corrected chi connectivity index (χ2v) is 21.7. The molecule has 2 rings (SSSR count). The number of rotatable bonds is 30. The van der Waals surface area contributed by atoms with Gasteiger partial charge in [-0.1, -0.05) is 99.5 Å². The van der Waals surface area contributed by atoms with Crippen molar-refractivity contribution in [3.63, 3.8) is 0 Å². The van der Waals surface area contributed by atoms with Crippen LogP contribution in [-0.4, -0.2) is 91.6 Å². The fourth-order valence-electron chi connectivity index (χ4n) is 8.35. The van der Waals surface area contributed by atoms with E-state index in [0.29, 0.717) is 25.7 Å². The van der Waals surface area contributed by atoms with Crippen LogP contribution in [0, 0.1) is 32.5 Å². The summed E-state index contributed by atoms with van der Waals surface area (Å²) < 4.78 is 5.38. The third-order valence-corrected chi connectivity index (χ3v) is 13.1. The molecule has 0 fully saturated rings. The van der Waals surface area contributed by atoms with Crippen LogP contribution in [0.25, 0.3) is 0 Å². The van der Waals surface area contributed by atoms with Crippen LogP contribution in [0.5, 0.6) is 0 Å². The number of alkyl carbamates (subject to hydrolysis) is 1. The van der Waals surface area contributed by atoms with E-state index in [1.165, 1.54) is 0 Å². The predicted octanol–water partition coefficient (Wildman–Crippen LogP) is 7.45. The van der Waals surface area contributed by atoms with Crippen LogP contribution in [0.3, 0.4) is 0 Å². The lowest BCUT2D eigenvalue weighted by Gasteiger charge is -2.36. The summed E-state index contributed by atoms with van der Waals surface area (Å²) in [5.74, 6) is -3.00. The van der Waals surface area contributed by atoms with Gasteiger partial charge in [-0.05, 0) is 112 Å². The molecule has 0 aliphatic rings. The first kappa shape index (κ1) is 60.1. The van der Waals surface area contributed by atoms with E-state index in [2.05, 4.69) is 45.1 Å². The summed E-state index contributed by atoms with van der Waals surface area (Å²) in [6.45, 7) is 26.6. The van der Waals surface area contributed by atoms with E-state index < -0.39 is 67.9 Å². The molecule has 0 saturated carbocycles. The molecule has 6 amide bonds. The Morgan fingerprint density at radius 3 is 1.11 bits per heavy atom. The molecule has 2 aromatic rings. The number of amides is 6. The van der Waals surface area contributed by atoms with Crippen LogP contribution in [0.2, 0.25) is 0 Å². The summed E-state index contributed by atoms with van der Waals surface area (Å²) in [7, 11) is 0. The molecule has 6 atom stereocenters. The van der Waals surface area contributed by atoms with Crippen LogP contribution in [0.15, 0.2) is 86.0 Å². The number of hydrogen-bond donors (Lipinski definition) is 7. The molecular weight excluding hydrogens is 889 g/mol. The van der Waals surface area contributed by atoms with Crippen molar-refractivity contribution in [2.24, 2.45) is 32.5 Å². The van der Waals surface area contributed by atoms with Crippen molar-refractivity contribution in [1.29, 1.82) is 0 Å². The van der Waals surface area contributed by atoms with Crippen LogP contribution in [-0.2, 0) is 46.3 Å². The Kier molecular flexibility index (Phi) is 22.6. The summed E-state index contributed by atoms with van der Waals surface area (Å²) >= 11 is 0. The maximum Gasteiger partial charge on any atom is 0.407 e. The van der Waals surface area contributed by atoms with Gasteiger partial charge in [-0.3, -0.25) is 28.8 Å². The number of allylic oxidation sites excluding steroid dienone is 2. The molecule has 0 spiro atoms. The van der Waals surface area contributed by atoms with Gasteiger partial charge in [0.15, 0.2) is 0 Å². The fraction of sp³-hybridized carbons (Fsp3) is 0.582. The van der Waals surface area contributed by atoms with Crippen molar-refractivity contribution in [3.8, 4) is 0 Å². The Bertz CT molecular complexity index is 2110. The lowest BCUT2D eigenvalue weighted by Crippen LogP contribution is -2.56. The molecule has 0 bridgehead atoms. The second-order valence-electron chi connectivity index (χ2n) is 21.7. The van der Waals surface area contributed by atoms with E-state index >= 15 is 0 Å². The summed E-state index contributed by atoms with van der Waals surface area (Å²) in [6.07, 6.45) is 5.44. The smallest absolute Gasteiger partial charge is 0.407 e. The molecule has 7 N–H and O–H groups in total. The first-order valence-corrected chi connectivity index (χ1v) is 24.5. The SMILES string of the molecule is C=CC[C@](C)(CNC(=O)OC(C)(C)C)C(=O)NC[C@@](C)(Cc1ccccc1)C(=O)NC[C@@](C)(CCC)C(=O)NC[C@@](C)(CC=C)C(=O)NC[C@@](C)(Cc1ccccc1)C(=O)NC[C@@](C)(CCC)C(=O)O. The highest BCUT2D eigenvalue weighted by molar-refractivity contribution is 5.89. The minimum Gasteiger partial charge on any atom is -0.481 e. The molecule has 0 aliphatic carbocycles. The molecular formula is C55H84N6O9. The zero-order chi connectivity index (χ0) is 53.0. The monoisotopic (exact) mass is 973 g/mol. The van der Waals surface area contributed by atoms with E-state index in [4.69, 9.17) is 4.74 Å². The highest BCUT2D eigenvalue weighted by Gasteiger charge is 2.43. The largest absolute Gasteiger partial charge is 0.481 e. The lowest BCUT2D eigenvalue weighted by molar-refractivity contribution is -0.148. The molecule has 0 saturated heterocycles. The molecule has 388 valence electrons. The third kappa shape index (κ3) is 18.1. The van der Waals surface area contributed by atoms with Gasteiger partial charge in [0.1, 0.15) is 5.60 Å². The van der Waals surface area contributed by atoms with Crippen molar-refractivity contribution in [1.82, 2.24) is 31.9 Å².